The average Bonchev–Trinajstić information content (AvgIpc) is 2.46. The molecule has 18 heavy (non-hydrogen) atoms. The summed E-state index contributed by atoms with van der Waals surface area (Å²) in [4.78, 5) is 2.43. The van der Waals surface area contributed by atoms with Gasteiger partial charge in [-0.2, -0.15) is 0 Å². The number of aliphatic hydroxyl groups excluding tert-OH is 1. The fraction of sp³-hybridized carbons (Fsp3) is 0.600. The normalized spacial score (nSPS) is 17.6. The van der Waals surface area contributed by atoms with Gasteiger partial charge in [-0.3, -0.25) is 0 Å². The summed E-state index contributed by atoms with van der Waals surface area (Å²) in [7, 11) is 1.68. The summed E-state index contributed by atoms with van der Waals surface area (Å²) in [5.41, 5.74) is 2.45. The first-order valence-electron chi connectivity index (χ1n) is 6.80. The Kier molecular flexibility index (Phi) is 4.48. The first kappa shape index (κ1) is 13.2. The van der Waals surface area contributed by atoms with E-state index in [1.54, 1.807) is 7.11 Å². The van der Waals surface area contributed by atoms with Crippen molar-refractivity contribution in [2.24, 2.45) is 0 Å². The SMILES string of the molecule is COc1ccc(N2CCCCC2)c(C(C)CO)c1. The predicted octanol–water partition coefficient (Wildman–Crippen LogP) is 2.78. The van der Waals surface area contributed by atoms with Crippen LogP contribution in [-0.4, -0.2) is 31.9 Å². The molecule has 0 aromatic heterocycles. The monoisotopic (exact) mass is 249 g/mol. The number of ether oxygens (including phenoxy) is 1. The van der Waals surface area contributed by atoms with Gasteiger partial charge >= 0.3 is 0 Å². The Balaban J connectivity index is 2.31. The molecular formula is C15H23NO2. The second kappa shape index (κ2) is 6.10. The zero-order valence-corrected chi connectivity index (χ0v) is 11.4. The number of piperidine rings is 1. The van der Waals surface area contributed by atoms with Crippen LogP contribution in [0.3, 0.4) is 0 Å². The lowest BCUT2D eigenvalue weighted by atomic mass is 9.97. The number of rotatable bonds is 4. The molecule has 0 spiro atoms. The third kappa shape index (κ3) is 2.78. The number of hydrogen-bond donors (Lipinski definition) is 1. The van der Waals surface area contributed by atoms with Crippen molar-refractivity contribution in [3.63, 3.8) is 0 Å². The molecule has 1 aliphatic heterocycles. The Bertz CT molecular complexity index is 386. The molecule has 1 aromatic rings. The quantitative estimate of drug-likeness (QED) is 0.890. The number of anilines is 1. The van der Waals surface area contributed by atoms with Gasteiger partial charge in [-0.1, -0.05) is 6.92 Å². The third-order valence-electron chi connectivity index (χ3n) is 3.74. The molecule has 1 fully saturated rings. The van der Waals surface area contributed by atoms with Crippen molar-refractivity contribution in [3.8, 4) is 5.75 Å². The molecule has 0 radical (unpaired) electrons. The van der Waals surface area contributed by atoms with Crippen molar-refractivity contribution < 1.29 is 9.84 Å². The fourth-order valence-corrected chi connectivity index (χ4v) is 2.58. The maximum Gasteiger partial charge on any atom is 0.119 e. The molecule has 3 heteroatoms. The van der Waals surface area contributed by atoms with Crippen molar-refractivity contribution in [2.75, 3.05) is 31.7 Å². The second-order valence-electron chi connectivity index (χ2n) is 5.06. The van der Waals surface area contributed by atoms with E-state index in [1.807, 2.05) is 6.07 Å². The maximum atomic E-state index is 9.42. The van der Waals surface area contributed by atoms with Crippen LogP contribution in [0.2, 0.25) is 0 Å². The molecule has 3 nitrogen and oxygen atoms in total. The van der Waals surface area contributed by atoms with Crippen molar-refractivity contribution in [2.45, 2.75) is 32.1 Å². The molecular weight excluding hydrogens is 226 g/mol. The summed E-state index contributed by atoms with van der Waals surface area (Å²) in [6, 6.07) is 6.20. The highest BCUT2D eigenvalue weighted by Gasteiger charge is 2.18. The summed E-state index contributed by atoms with van der Waals surface area (Å²) < 4.78 is 5.29. The van der Waals surface area contributed by atoms with Crippen LogP contribution in [0.5, 0.6) is 5.75 Å². The zero-order chi connectivity index (χ0) is 13.0. The number of methoxy groups -OCH3 is 1. The smallest absolute Gasteiger partial charge is 0.119 e. The largest absolute Gasteiger partial charge is 0.497 e. The predicted molar refractivity (Wildman–Crippen MR) is 74.6 cm³/mol. The van der Waals surface area contributed by atoms with Crippen LogP contribution < -0.4 is 9.64 Å². The van der Waals surface area contributed by atoms with Gasteiger partial charge in [-0.15, -0.1) is 0 Å². The molecule has 1 aromatic carbocycles. The van der Waals surface area contributed by atoms with E-state index in [-0.39, 0.29) is 12.5 Å². The number of aliphatic hydroxyl groups is 1. The van der Waals surface area contributed by atoms with Crippen LogP contribution >= 0.6 is 0 Å². The molecule has 1 saturated heterocycles. The molecule has 1 N–H and O–H groups in total. The zero-order valence-electron chi connectivity index (χ0n) is 11.4. The van der Waals surface area contributed by atoms with Crippen LogP contribution in [0.4, 0.5) is 5.69 Å². The van der Waals surface area contributed by atoms with Crippen molar-refractivity contribution in [1.82, 2.24) is 0 Å². The summed E-state index contributed by atoms with van der Waals surface area (Å²) in [6.45, 7) is 4.48. The summed E-state index contributed by atoms with van der Waals surface area (Å²) in [5.74, 6) is 1.02. The molecule has 1 unspecified atom stereocenters. The van der Waals surface area contributed by atoms with E-state index in [0.29, 0.717) is 0 Å². The van der Waals surface area contributed by atoms with Crippen LogP contribution in [0.1, 0.15) is 37.7 Å². The lowest BCUT2D eigenvalue weighted by Gasteiger charge is -2.32. The van der Waals surface area contributed by atoms with Crippen molar-refractivity contribution >= 4 is 5.69 Å². The van der Waals surface area contributed by atoms with Gasteiger partial charge in [0.05, 0.1) is 7.11 Å². The lowest BCUT2D eigenvalue weighted by molar-refractivity contribution is 0.273. The summed E-state index contributed by atoms with van der Waals surface area (Å²) in [6.07, 6.45) is 3.86. The standard InChI is InChI=1S/C15H23NO2/c1-12(11-17)14-10-13(18-2)6-7-15(14)16-8-4-3-5-9-16/h6-7,10,12,17H,3-5,8-9,11H2,1-2H3. The van der Waals surface area contributed by atoms with Crippen molar-refractivity contribution in [3.05, 3.63) is 23.8 Å². The molecule has 2 rings (SSSR count). The highest BCUT2D eigenvalue weighted by Crippen LogP contribution is 2.32. The molecule has 100 valence electrons. The summed E-state index contributed by atoms with van der Waals surface area (Å²) >= 11 is 0. The van der Waals surface area contributed by atoms with Gasteiger partial charge < -0.3 is 14.7 Å². The van der Waals surface area contributed by atoms with Crippen molar-refractivity contribution in [1.29, 1.82) is 0 Å². The van der Waals surface area contributed by atoms with E-state index in [0.717, 1.165) is 18.8 Å². The van der Waals surface area contributed by atoms with Gasteiger partial charge in [0.25, 0.3) is 0 Å². The molecule has 0 saturated carbocycles. The Morgan fingerprint density at radius 3 is 2.61 bits per heavy atom. The van der Waals surface area contributed by atoms with Crippen LogP contribution in [0.15, 0.2) is 18.2 Å². The number of nitrogens with zero attached hydrogens (tertiary/aromatic N) is 1. The highest BCUT2D eigenvalue weighted by molar-refractivity contribution is 5.58. The number of benzene rings is 1. The lowest BCUT2D eigenvalue weighted by Crippen LogP contribution is -2.30. The van der Waals surface area contributed by atoms with E-state index in [9.17, 15) is 5.11 Å². The molecule has 1 aliphatic rings. The highest BCUT2D eigenvalue weighted by atomic mass is 16.5. The van der Waals surface area contributed by atoms with E-state index in [1.165, 1.54) is 30.5 Å². The van der Waals surface area contributed by atoms with Gasteiger partial charge in [0.15, 0.2) is 0 Å². The Hall–Kier alpha value is -1.22. The first-order chi connectivity index (χ1) is 8.76. The average molecular weight is 249 g/mol. The number of hydrogen-bond acceptors (Lipinski definition) is 3. The minimum atomic E-state index is 0.150. The van der Waals surface area contributed by atoms with Crippen LogP contribution in [-0.2, 0) is 0 Å². The van der Waals surface area contributed by atoms with Crippen LogP contribution in [0.25, 0.3) is 0 Å². The van der Waals surface area contributed by atoms with E-state index >= 15 is 0 Å². The van der Waals surface area contributed by atoms with Gasteiger partial charge in [-0.25, -0.2) is 0 Å². The second-order valence-corrected chi connectivity index (χ2v) is 5.06. The topological polar surface area (TPSA) is 32.7 Å². The Morgan fingerprint density at radius 2 is 2.00 bits per heavy atom. The third-order valence-corrected chi connectivity index (χ3v) is 3.74. The van der Waals surface area contributed by atoms with E-state index in [4.69, 9.17) is 4.74 Å². The Morgan fingerprint density at radius 1 is 1.28 bits per heavy atom. The molecule has 0 amide bonds. The van der Waals surface area contributed by atoms with Gasteiger partial charge in [0.1, 0.15) is 5.75 Å². The maximum absolute atomic E-state index is 9.42. The fourth-order valence-electron chi connectivity index (χ4n) is 2.58. The molecule has 0 aliphatic carbocycles. The minimum absolute atomic E-state index is 0.150. The molecule has 1 atom stereocenters. The van der Waals surface area contributed by atoms with Gasteiger partial charge in [0, 0.05) is 31.3 Å². The van der Waals surface area contributed by atoms with Crippen LogP contribution in [0, 0.1) is 0 Å². The molecule has 1 heterocycles. The van der Waals surface area contributed by atoms with E-state index < -0.39 is 0 Å². The minimum Gasteiger partial charge on any atom is -0.497 e. The van der Waals surface area contributed by atoms with Gasteiger partial charge in [0.2, 0.25) is 0 Å². The molecule has 0 bridgehead atoms. The van der Waals surface area contributed by atoms with Gasteiger partial charge in [-0.05, 0) is 43.0 Å². The first-order valence-corrected chi connectivity index (χ1v) is 6.80. The summed E-state index contributed by atoms with van der Waals surface area (Å²) in [5, 5.41) is 9.42. The van der Waals surface area contributed by atoms with E-state index in [2.05, 4.69) is 24.0 Å². The Labute approximate surface area is 109 Å².